The number of aliphatic hydroxyl groups is 2. The minimum atomic E-state index is -0.267. The molecule has 96 valence electrons. The van der Waals surface area contributed by atoms with Gasteiger partial charge in [0.15, 0.2) is 0 Å². The van der Waals surface area contributed by atoms with Gasteiger partial charge in [0.05, 0.1) is 17.7 Å². The van der Waals surface area contributed by atoms with Gasteiger partial charge in [-0.05, 0) is 13.0 Å². The van der Waals surface area contributed by atoms with Gasteiger partial charge in [-0.1, -0.05) is 11.8 Å². The highest BCUT2D eigenvalue weighted by atomic mass is 16.3. The van der Waals surface area contributed by atoms with Gasteiger partial charge in [-0.25, -0.2) is 0 Å². The molecule has 0 radical (unpaired) electrons. The zero-order valence-corrected chi connectivity index (χ0v) is 10.3. The highest BCUT2D eigenvalue weighted by Gasteiger charge is 2.16. The normalized spacial score (nSPS) is 9.50. The number of hydrogen-bond donors (Lipinski definition) is 2. The molecular formula is C13H16N2O3. The first-order valence-electron chi connectivity index (χ1n) is 5.68. The molecule has 0 saturated carbocycles. The van der Waals surface area contributed by atoms with Crippen molar-refractivity contribution >= 4 is 5.91 Å². The number of carbonyl (C=O) groups excluding carboxylic acids is 1. The van der Waals surface area contributed by atoms with E-state index in [1.165, 1.54) is 17.3 Å². The molecule has 18 heavy (non-hydrogen) atoms. The predicted molar refractivity (Wildman–Crippen MR) is 66.9 cm³/mol. The third-order valence-electron chi connectivity index (χ3n) is 2.39. The van der Waals surface area contributed by atoms with Crippen LogP contribution in [0.4, 0.5) is 0 Å². The molecule has 0 aliphatic rings. The molecule has 1 rings (SSSR count). The van der Waals surface area contributed by atoms with Crippen molar-refractivity contribution in [1.82, 2.24) is 9.88 Å². The molecule has 0 spiro atoms. The summed E-state index contributed by atoms with van der Waals surface area (Å²) in [4.78, 5) is 17.6. The summed E-state index contributed by atoms with van der Waals surface area (Å²) in [5.74, 6) is 4.99. The monoisotopic (exact) mass is 248 g/mol. The molecule has 5 heteroatoms. The van der Waals surface area contributed by atoms with Crippen LogP contribution in [0.1, 0.15) is 22.8 Å². The Labute approximate surface area is 106 Å². The smallest absolute Gasteiger partial charge is 0.255 e. The Balaban J connectivity index is 3.04. The number of pyridine rings is 1. The molecule has 0 saturated heterocycles. The predicted octanol–water partition coefficient (Wildman–Crippen LogP) is -0.120. The van der Waals surface area contributed by atoms with Crippen molar-refractivity contribution in [1.29, 1.82) is 0 Å². The highest BCUT2D eigenvalue weighted by Crippen LogP contribution is 2.09. The number of aromatic nitrogens is 1. The van der Waals surface area contributed by atoms with Gasteiger partial charge in [0, 0.05) is 25.5 Å². The minimum Gasteiger partial charge on any atom is -0.395 e. The maximum absolute atomic E-state index is 12.2. The molecule has 0 fully saturated rings. The number of nitrogens with zero attached hydrogens (tertiary/aromatic N) is 2. The second-order valence-corrected chi connectivity index (χ2v) is 3.49. The molecule has 0 bridgehead atoms. The minimum absolute atomic E-state index is 0.0810. The third kappa shape index (κ3) is 3.55. The van der Waals surface area contributed by atoms with Crippen LogP contribution in [-0.2, 0) is 0 Å². The van der Waals surface area contributed by atoms with Gasteiger partial charge in [0.2, 0.25) is 0 Å². The summed E-state index contributed by atoms with van der Waals surface area (Å²) in [5.41, 5.74) is 0.911. The molecule has 1 heterocycles. The standard InChI is InChI=1S/C13H16N2O3/c1-2-15(7-9-17)13(18)12-5-6-14-10-11(12)4-3-8-16/h5-6,10,16-17H,2,7-9H2,1H3. The van der Waals surface area contributed by atoms with Crippen molar-refractivity contribution in [2.45, 2.75) is 6.92 Å². The lowest BCUT2D eigenvalue weighted by Gasteiger charge is -2.20. The average molecular weight is 248 g/mol. The summed E-state index contributed by atoms with van der Waals surface area (Å²) in [5, 5.41) is 17.6. The first-order valence-corrected chi connectivity index (χ1v) is 5.68. The van der Waals surface area contributed by atoms with Crippen LogP contribution in [0.5, 0.6) is 0 Å². The fourth-order valence-electron chi connectivity index (χ4n) is 1.51. The van der Waals surface area contributed by atoms with Crippen molar-refractivity contribution in [3.8, 4) is 11.8 Å². The summed E-state index contributed by atoms with van der Waals surface area (Å²) >= 11 is 0. The highest BCUT2D eigenvalue weighted by molar-refractivity contribution is 5.96. The Morgan fingerprint density at radius 2 is 2.28 bits per heavy atom. The molecule has 0 unspecified atom stereocenters. The number of rotatable bonds is 4. The van der Waals surface area contributed by atoms with E-state index >= 15 is 0 Å². The summed E-state index contributed by atoms with van der Waals surface area (Å²) in [6.07, 6.45) is 3.01. The second kappa shape index (κ2) is 7.43. The molecule has 2 N–H and O–H groups in total. The van der Waals surface area contributed by atoms with Gasteiger partial charge >= 0.3 is 0 Å². The van der Waals surface area contributed by atoms with E-state index in [4.69, 9.17) is 10.2 Å². The lowest BCUT2D eigenvalue weighted by Crippen LogP contribution is -2.33. The molecule has 0 aromatic carbocycles. The van der Waals surface area contributed by atoms with Gasteiger partial charge in [-0.2, -0.15) is 0 Å². The molecule has 0 atom stereocenters. The van der Waals surface area contributed by atoms with Crippen molar-refractivity contribution < 1.29 is 15.0 Å². The van der Waals surface area contributed by atoms with Gasteiger partial charge in [0.1, 0.15) is 6.61 Å². The van der Waals surface area contributed by atoms with Gasteiger partial charge in [-0.15, -0.1) is 0 Å². The number of aliphatic hydroxyl groups excluding tert-OH is 2. The summed E-state index contributed by atoms with van der Waals surface area (Å²) < 4.78 is 0. The van der Waals surface area contributed by atoms with E-state index < -0.39 is 0 Å². The number of carbonyl (C=O) groups is 1. The summed E-state index contributed by atoms with van der Waals surface area (Å²) in [7, 11) is 0. The molecular weight excluding hydrogens is 232 g/mol. The summed E-state index contributed by atoms with van der Waals surface area (Å²) in [6.45, 7) is 2.28. The van der Waals surface area contributed by atoms with E-state index in [-0.39, 0.29) is 25.7 Å². The van der Waals surface area contributed by atoms with Gasteiger partial charge in [-0.3, -0.25) is 9.78 Å². The maximum Gasteiger partial charge on any atom is 0.255 e. The third-order valence-corrected chi connectivity index (χ3v) is 2.39. The second-order valence-electron chi connectivity index (χ2n) is 3.49. The van der Waals surface area contributed by atoms with Crippen LogP contribution in [0.15, 0.2) is 18.5 Å². The Bertz CT molecular complexity index is 463. The van der Waals surface area contributed by atoms with E-state index in [1.54, 1.807) is 6.07 Å². The molecule has 1 aromatic rings. The molecule has 5 nitrogen and oxygen atoms in total. The number of hydrogen-bond acceptors (Lipinski definition) is 4. The van der Waals surface area contributed by atoms with E-state index in [1.807, 2.05) is 6.92 Å². The zero-order chi connectivity index (χ0) is 13.4. The van der Waals surface area contributed by atoms with Crippen LogP contribution in [0.2, 0.25) is 0 Å². The Morgan fingerprint density at radius 1 is 1.50 bits per heavy atom. The van der Waals surface area contributed by atoms with E-state index in [0.717, 1.165) is 0 Å². The number of amides is 1. The van der Waals surface area contributed by atoms with Crippen LogP contribution in [0.3, 0.4) is 0 Å². The lowest BCUT2D eigenvalue weighted by atomic mass is 10.1. The molecule has 1 amide bonds. The van der Waals surface area contributed by atoms with E-state index in [9.17, 15) is 4.79 Å². The lowest BCUT2D eigenvalue weighted by molar-refractivity contribution is 0.0731. The SMILES string of the molecule is CCN(CCO)C(=O)c1ccncc1C#CCO. The average Bonchev–Trinajstić information content (AvgIpc) is 2.42. The summed E-state index contributed by atoms with van der Waals surface area (Å²) in [6, 6.07) is 1.59. The fourth-order valence-corrected chi connectivity index (χ4v) is 1.51. The Kier molecular flexibility index (Phi) is 5.85. The van der Waals surface area contributed by atoms with E-state index in [0.29, 0.717) is 17.7 Å². The fraction of sp³-hybridized carbons (Fsp3) is 0.385. The van der Waals surface area contributed by atoms with Crippen molar-refractivity contribution in [2.75, 3.05) is 26.3 Å². The van der Waals surface area contributed by atoms with Gasteiger partial charge < -0.3 is 15.1 Å². The van der Waals surface area contributed by atoms with Crippen LogP contribution in [0, 0.1) is 11.8 Å². The molecule has 1 aromatic heterocycles. The topological polar surface area (TPSA) is 73.7 Å². The van der Waals surface area contributed by atoms with Crippen molar-refractivity contribution in [3.63, 3.8) is 0 Å². The van der Waals surface area contributed by atoms with Crippen LogP contribution < -0.4 is 0 Å². The van der Waals surface area contributed by atoms with Crippen molar-refractivity contribution in [2.24, 2.45) is 0 Å². The first kappa shape index (κ1) is 14.2. The maximum atomic E-state index is 12.2. The van der Waals surface area contributed by atoms with Crippen LogP contribution in [-0.4, -0.2) is 52.3 Å². The van der Waals surface area contributed by atoms with Crippen LogP contribution in [0.25, 0.3) is 0 Å². The van der Waals surface area contributed by atoms with Gasteiger partial charge in [0.25, 0.3) is 5.91 Å². The Hall–Kier alpha value is -1.90. The van der Waals surface area contributed by atoms with Crippen molar-refractivity contribution in [3.05, 3.63) is 29.6 Å². The van der Waals surface area contributed by atoms with E-state index in [2.05, 4.69) is 16.8 Å². The quantitative estimate of drug-likeness (QED) is 0.729. The molecule has 0 aliphatic carbocycles. The number of likely N-dealkylation sites (N-methyl/N-ethyl adjacent to an activating group) is 1. The Morgan fingerprint density at radius 3 is 2.89 bits per heavy atom. The first-order chi connectivity index (χ1) is 8.74. The van der Waals surface area contributed by atoms with Crippen LogP contribution >= 0.6 is 0 Å². The molecule has 0 aliphatic heterocycles. The zero-order valence-electron chi connectivity index (χ0n) is 10.3. The largest absolute Gasteiger partial charge is 0.395 e.